The number of benzene rings is 2. The highest BCUT2D eigenvalue weighted by Gasteiger charge is 2.23. The fourth-order valence-electron chi connectivity index (χ4n) is 3.52. The van der Waals surface area contributed by atoms with Gasteiger partial charge in [-0.05, 0) is 48.9 Å². The Morgan fingerprint density at radius 2 is 1.68 bits per heavy atom. The Bertz CT molecular complexity index is 1140. The summed E-state index contributed by atoms with van der Waals surface area (Å²) in [7, 11) is 0. The van der Waals surface area contributed by atoms with Crippen molar-refractivity contribution in [3.05, 3.63) is 94.7 Å². The maximum atomic E-state index is 13.4. The van der Waals surface area contributed by atoms with Crippen LogP contribution < -0.4 is 4.90 Å². The van der Waals surface area contributed by atoms with E-state index < -0.39 is 11.6 Å². The summed E-state index contributed by atoms with van der Waals surface area (Å²) in [5, 5.41) is 0. The van der Waals surface area contributed by atoms with E-state index >= 15 is 0 Å². The average molecular weight is 417 g/mol. The number of anilines is 1. The number of hydrogen-bond acceptors (Lipinski definition) is 3. The van der Waals surface area contributed by atoms with E-state index in [1.165, 1.54) is 12.1 Å². The predicted octanol–water partition coefficient (Wildman–Crippen LogP) is 4.03. The molecule has 0 spiro atoms. The van der Waals surface area contributed by atoms with Crippen LogP contribution in [0.2, 0.25) is 0 Å². The Morgan fingerprint density at radius 3 is 2.35 bits per heavy atom. The van der Waals surface area contributed by atoms with Gasteiger partial charge in [0, 0.05) is 55.1 Å². The average Bonchev–Trinajstić information content (AvgIpc) is 2.78. The van der Waals surface area contributed by atoms with E-state index in [4.69, 9.17) is 0 Å². The zero-order valence-electron chi connectivity index (χ0n) is 17.1. The fourth-order valence-corrected chi connectivity index (χ4v) is 3.52. The van der Waals surface area contributed by atoms with Crippen LogP contribution in [0, 0.1) is 30.4 Å². The van der Waals surface area contributed by atoms with Crippen molar-refractivity contribution in [2.24, 2.45) is 0 Å². The van der Waals surface area contributed by atoms with E-state index in [0.717, 1.165) is 17.4 Å². The summed E-state index contributed by atoms with van der Waals surface area (Å²) in [6.07, 6.45) is 1.76. The van der Waals surface area contributed by atoms with Crippen LogP contribution in [0.1, 0.15) is 27.0 Å². The Kier molecular flexibility index (Phi) is 5.94. The van der Waals surface area contributed by atoms with Crippen molar-refractivity contribution in [2.45, 2.75) is 6.92 Å². The van der Waals surface area contributed by atoms with Crippen molar-refractivity contribution in [2.75, 3.05) is 31.1 Å². The molecule has 1 aliphatic rings. The second-order valence-electron chi connectivity index (χ2n) is 7.41. The first-order valence-electron chi connectivity index (χ1n) is 10.0. The molecule has 156 valence electrons. The molecule has 4 rings (SSSR count). The molecule has 2 heterocycles. The molecule has 0 unspecified atom stereocenters. The Balaban J connectivity index is 1.48. The maximum absolute atomic E-state index is 13.4. The molecule has 0 radical (unpaired) electrons. The Labute approximate surface area is 180 Å². The second-order valence-corrected chi connectivity index (χ2v) is 7.41. The molecule has 1 aromatic heterocycles. The van der Waals surface area contributed by atoms with Gasteiger partial charge in [0.15, 0.2) is 0 Å². The topological polar surface area (TPSA) is 36.4 Å². The van der Waals surface area contributed by atoms with Crippen molar-refractivity contribution < 1.29 is 13.6 Å². The van der Waals surface area contributed by atoms with Crippen LogP contribution in [0.5, 0.6) is 0 Å². The number of nitrogens with zero attached hydrogens (tertiary/aromatic N) is 3. The van der Waals surface area contributed by atoms with Gasteiger partial charge in [-0.3, -0.25) is 4.79 Å². The van der Waals surface area contributed by atoms with E-state index in [0.29, 0.717) is 37.3 Å². The lowest BCUT2D eigenvalue weighted by atomic mass is 10.0. The fraction of sp³-hybridized carbons (Fsp3) is 0.200. The highest BCUT2D eigenvalue weighted by Crippen LogP contribution is 2.17. The highest BCUT2D eigenvalue weighted by atomic mass is 19.1. The summed E-state index contributed by atoms with van der Waals surface area (Å²) in [5.74, 6) is 5.24. The molecule has 6 heteroatoms. The van der Waals surface area contributed by atoms with Crippen LogP contribution in [-0.4, -0.2) is 42.0 Å². The van der Waals surface area contributed by atoms with E-state index in [9.17, 15) is 13.6 Å². The number of rotatable bonds is 2. The van der Waals surface area contributed by atoms with Gasteiger partial charge in [0.2, 0.25) is 0 Å². The Morgan fingerprint density at radius 1 is 0.935 bits per heavy atom. The minimum Gasteiger partial charge on any atom is -0.353 e. The normalized spacial score (nSPS) is 13.5. The standard InChI is InChI=1S/C25H21F2N3O/c1-18-5-7-21(16-20(18)8-6-19-14-22(26)17-23(27)15-19)25(31)30-12-10-29(11-13-30)24-4-2-3-9-28-24/h2-5,7,9,14-17H,10-13H2,1H3. The summed E-state index contributed by atoms with van der Waals surface area (Å²) in [5.41, 5.74) is 2.34. The maximum Gasteiger partial charge on any atom is 0.254 e. The molecule has 0 aliphatic carbocycles. The molecule has 1 aliphatic heterocycles. The number of piperazine rings is 1. The molecule has 0 saturated carbocycles. The largest absolute Gasteiger partial charge is 0.353 e. The molecular formula is C25H21F2N3O. The molecule has 2 aromatic carbocycles. The SMILES string of the molecule is Cc1ccc(C(=O)N2CCN(c3ccccn3)CC2)cc1C#Cc1cc(F)cc(F)c1. The number of halogens is 2. The molecule has 1 amide bonds. The van der Waals surface area contributed by atoms with Gasteiger partial charge < -0.3 is 9.80 Å². The lowest BCUT2D eigenvalue weighted by molar-refractivity contribution is 0.0746. The van der Waals surface area contributed by atoms with Gasteiger partial charge in [0.25, 0.3) is 5.91 Å². The molecule has 31 heavy (non-hydrogen) atoms. The lowest BCUT2D eigenvalue weighted by Gasteiger charge is -2.35. The van der Waals surface area contributed by atoms with Crippen molar-refractivity contribution in [3.63, 3.8) is 0 Å². The van der Waals surface area contributed by atoms with Crippen LogP contribution in [0.4, 0.5) is 14.6 Å². The van der Waals surface area contributed by atoms with Crippen molar-refractivity contribution >= 4 is 11.7 Å². The molecule has 4 nitrogen and oxygen atoms in total. The van der Waals surface area contributed by atoms with Crippen LogP contribution in [-0.2, 0) is 0 Å². The first-order chi connectivity index (χ1) is 15.0. The third-order valence-electron chi connectivity index (χ3n) is 5.23. The number of aromatic nitrogens is 1. The number of carbonyl (C=O) groups excluding carboxylic acids is 1. The third kappa shape index (κ3) is 4.89. The summed E-state index contributed by atoms with van der Waals surface area (Å²) in [6, 6.07) is 14.3. The summed E-state index contributed by atoms with van der Waals surface area (Å²) in [6.45, 7) is 4.52. The molecule has 1 fully saturated rings. The van der Waals surface area contributed by atoms with Crippen LogP contribution >= 0.6 is 0 Å². The number of carbonyl (C=O) groups is 1. The number of hydrogen-bond donors (Lipinski definition) is 0. The number of pyridine rings is 1. The van der Waals surface area contributed by atoms with Crippen LogP contribution in [0.25, 0.3) is 0 Å². The van der Waals surface area contributed by atoms with Crippen molar-refractivity contribution in [3.8, 4) is 11.8 Å². The van der Waals surface area contributed by atoms with Gasteiger partial charge in [-0.2, -0.15) is 0 Å². The van der Waals surface area contributed by atoms with E-state index in [1.807, 2.05) is 36.1 Å². The molecule has 3 aromatic rings. The van der Waals surface area contributed by atoms with E-state index in [2.05, 4.69) is 21.7 Å². The molecular weight excluding hydrogens is 396 g/mol. The summed E-state index contributed by atoms with van der Waals surface area (Å²) < 4.78 is 26.8. The smallest absolute Gasteiger partial charge is 0.254 e. The first-order valence-corrected chi connectivity index (χ1v) is 10.0. The minimum absolute atomic E-state index is 0.0551. The molecule has 0 bridgehead atoms. The van der Waals surface area contributed by atoms with Gasteiger partial charge in [0.1, 0.15) is 17.5 Å². The third-order valence-corrected chi connectivity index (χ3v) is 5.23. The number of aryl methyl sites for hydroxylation is 1. The van der Waals surface area contributed by atoms with Gasteiger partial charge in [-0.15, -0.1) is 0 Å². The van der Waals surface area contributed by atoms with E-state index in [1.54, 1.807) is 18.3 Å². The Hall–Kier alpha value is -3.72. The van der Waals surface area contributed by atoms with Gasteiger partial charge in [-0.1, -0.05) is 24.0 Å². The number of amides is 1. The molecule has 0 N–H and O–H groups in total. The van der Waals surface area contributed by atoms with Gasteiger partial charge in [0.05, 0.1) is 0 Å². The van der Waals surface area contributed by atoms with Gasteiger partial charge in [-0.25, -0.2) is 13.8 Å². The monoisotopic (exact) mass is 417 g/mol. The summed E-state index contributed by atoms with van der Waals surface area (Å²) in [4.78, 5) is 21.4. The summed E-state index contributed by atoms with van der Waals surface area (Å²) >= 11 is 0. The van der Waals surface area contributed by atoms with Crippen LogP contribution in [0.15, 0.2) is 60.8 Å². The quantitative estimate of drug-likeness (QED) is 0.591. The molecule has 0 atom stereocenters. The molecule has 1 saturated heterocycles. The zero-order valence-corrected chi connectivity index (χ0v) is 17.1. The van der Waals surface area contributed by atoms with Crippen LogP contribution in [0.3, 0.4) is 0 Å². The van der Waals surface area contributed by atoms with Gasteiger partial charge >= 0.3 is 0 Å². The zero-order chi connectivity index (χ0) is 21.8. The second kappa shape index (κ2) is 8.97. The predicted molar refractivity (Wildman–Crippen MR) is 116 cm³/mol. The van der Waals surface area contributed by atoms with E-state index in [-0.39, 0.29) is 11.5 Å². The first kappa shape index (κ1) is 20.5. The van der Waals surface area contributed by atoms with Crippen molar-refractivity contribution in [1.29, 1.82) is 0 Å². The lowest BCUT2D eigenvalue weighted by Crippen LogP contribution is -2.49. The highest BCUT2D eigenvalue weighted by molar-refractivity contribution is 5.95. The minimum atomic E-state index is -0.671. The van der Waals surface area contributed by atoms with Crippen molar-refractivity contribution in [1.82, 2.24) is 9.88 Å².